The van der Waals surface area contributed by atoms with E-state index >= 15 is 0 Å². The Balaban J connectivity index is 1.80. The van der Waals surface area contributed by atoms with Crippen LogP contribution in [0.1, 0.15) is 63.9 Å². The molecule has 5 heteroatoms. The second-order valence-electron chi connectivity index (χ2n) is 8.56. The number of methoxy groups -OCH3 is 1. The summed E-state index contributed by atoms with van der Waals surface area (Å²) in [6, 6.07) is 17.1. The fourth-order valence-electron chi connectivity index (χ4n) is 4.36. The zero-order chi connectivity index (χ0) is 23.6. The number of para-hydroxylation sites is 2. The summed E-state index contributed by atoms with van der Waals surface area (Å²) in [5, 5.41) is 0. The van der Waals surface area contributed by atoms with E-state index in [9.17, 15) is 9.59 Å². The number of amides is 2. The zero-order valence-corrected chi connectivity index (χ0v) is 20.2. The third-order valence-electron chi connectivity index (χ3n) is 6.23. The Kier molecular flexibility index (Phi) is 9.11. The molecule has 0 aliphatic carbocycles. The highest BCUT2D eigenvalue weighted by Gasteiger charge is 2.41. The van der Waals surface area contributed by atoms with E-state index in [0.29, 0.717) is 29.1 Å². The minimum Gasteiger partial charge on any atom is -0.496 e. The van der Waals surface area contributed by atoms with Crippen LogP contribution in [-0.4, -0.2) is 37.4 Å². The summed E-state index contributed by atoms with van der Waals surface area (Å²) in [5.74, 6) is 0.0990. The highest BCUT2D eigenvalue weighted by Crippen LogP contribution is 2.37. The van der Waals surface area contributed by atoms with Crippen molar-refractivity contribution in [2.24, 2.45) is 0 Å². The maximum Gasteiger partial charge on any atom is 0.278 e. The summed E-state index contributed by atoms with van der Waals surface area (Å²) in [6.07, 6.45) is 9.32. The van der Waals surface area contributed by atoms with Crippen molar-refractivity contribution in [1.29, 1.82) is 0 Å². The van der Waals surface area contributed by atoms with Crippen molar-refractivity contribution in [3.8, 4) is 5.75 Å². The molecular formula is C28H36N2O3. The summed E-state index contributed by atoms with van der Waals surface area (Å²) in [6.45, 7) is 2.66. The van der Waals surface area contributed by atoms with Gasteiger partial charge in [-0.25, -0.2) is 0 Å². The lowest BCUT2D eigenvalue weighted by Crippen LogP contribution is -2.35. The van der Waals surface area contributed by atoms with E-state index in [1.165, 1.54) is 37.0 Å². The molecule has 1 heterocycles. The predicted octanol–water partition coefficient (Wildman–Crippen LogP) is 6.05. The van der Waals surface area contributed by atoms with Crippen molar-refractivity contribution in [3.63, 3.8) is 0 Å². The minimum atomic E-state index is -0.245. The molecule has 0 aromatic heterocycles. The number of hydrogen-bond donors (Lipinski definition) is 0. The van der Waals surface area contributed by atoms with Gasteiger partial charge >= 0.3 is 0 Å². The van der Waals surface area contributed by atoms with E-state index in [1.54, 1.807) is 7.11 Å². The average Bonchev–Trinajstić information content (AvgIpc) is 3.10. The largest absolute Gasteiger partial charge is 0.496 e. The van der Waals surface area contributed by atoms with Crippen molar-refractivity contribution in [1.82, 2.24) is 4.90 Å². The number of nitrogens with zero attached hydrogens (tertiary/aromatic N) is 2. The second-order valence-corrected chi connectivity index (χ2v) is 8.56. The van der Waals surface area contributed by atoms with Crippen molar-refractivity contribution >= 4 is 23.1 Å². The van der Waals surface area contributed by atoms with Gasteiger partial charge in [-0.3, -0.25) is 14.5 Å². The first kappa shape index (κ1) is 24.6. The van der Waals surface area contributed by atoms with Gasteiger partial charge in [-0.15, -0.1) is 0 Å². The lowest BCUT2D eigenvalue weighted by molar-refractivity contribution is -0.136. The first-order valence-corrected chi connectivity index (χ1v) is 12.1. The van der Waals surface area contributed by atoms with Gasteiger partial charge in [0.05, 0.1) is 12.7 Å². The summed E-state index contributed by atoms with van der Waals surface area (Å²) in [4.78, 5) is 30.3. The molecule has 2 amide bonds. The van der Waals surface area contributed by atoms with Crippen LogP contribution in [0.4, 0.5) is 5.69 Å². The van der Waals surface area contributed by atoms with E-state index in [1.807, 2.05) is 66.5 Å². The first-order chi connectivity index (χ1) is 16.1. The molecule has 3 rings (SSSR count). The van der Waals surface area contributed by atoms with Gasteiger partial charge in [-0.1, -0.05) is 88.3 Å². The normalized spacial score (nSPS) is 13.7. The molecule has 5 nitrogen and oxygen atoms in total. The molecule has 0 N–H and O–H groups in total. The number of benzene rings is 2. The smallest absolute Gasteiger partial charge is 0.278 e. The average molecular weight is 449 g/mol. The van der Waals surface area contributed by atoms with E-state index in [2.05, 4.69) is 6.92 Å². The molecule has 0 fully saturated rings. The van der Waals surface area contributed by atoms with Crippen LogP contribution in [-0.2, 0) is 9.59 Å². The number of hydrogen-bond acceptors (Lipinski definition) is 4. The number of carbonyl (C=O) groups excluding carboxylic acids is 2. The van der Waals surface area contributed by atoms with Gasteiger partial charge in [0.2, 0.25) is 0 Å². The topological polar surface area (TPSA) is 49.9 Å². The third kappa shape index (κ3) is 5.84. The number of rotatable bonds is 13. The Morgan fingerprint density at radius 2 is 1.39 bits per heavy atom. The predicted molar refractivity (Wildman–Crippen MR) is 134 cm³/mol. The van der Waals surface area contributed by atoms with E-state index in [0.717, 1.165) is 24.9 Å². The van der Waals surface area contributed by atoms with Gasteiger partial charge < -0.3 is 9.64 Å². The molecule has 0 bridgehead atoms. The van der Waals surface area contributed by atoms with E-state index in [4.69, 9.17) is 4.74 Å². The monoisotopic (exact) mass is 448 g/mol. The lowest BCUT2D eigenvalue weighted by atomic mass is 10.0. The van der Waals surface area contributed by atoms with E-state index in [-0.39, 0.29) is 11.8 Å². The molecule has 0 saturated carbocycles. The maximum absolute atomic E-state index is 13.5. The number of likely N-dealkylation sites (N-methyl/N-ethyl adjacent to an activating group) is 1. The quantitative estimate of drug-likeness (QED) is 0.276. The molecule has 1 aliphatic rings. The third-order valence-corrected chi connectivity index (χ3v) is 6.23. The van der Waals surface area contributed by atoms with Crippen LogP contribution in [0.3, 0.4) is 0 Å². The summed E-state index contributed by atoms with van der Waals surface area (Å²) < 4.78 is 5.53. The lowest BCUT2D eigenvalue weighted by Gasteiger charge is -2.21. The van der Waals surface area contributed by atoms with Gasteiger partial charge in [0.25, 0.3) is 11.8 Å². The highest BCUT2D eigenvalue weighted by atomic mass is 16.5. The fourth-order valence-corrected chi connectivity index (χ4v) is 4.36. The van der Waals surface area contributed by atoms with Gasteiger partial charge in [-0.2, -0.15) is 0 Å². The number of carbonyl (C=O) groups is 2. The SMILES string of the molecule is CCCCCCCCCCN1C(=O)C(c2ccccc2OC)=C(N(C)c2ccccc2)C1=O. The number of imide groups is 1. The second kappa shape index (κ2) is 12.2. The summed E-state index contributed by atoms with van der Waals surface area (Å²) in [7, 11) is 3.42. The molecule has 0 atom stereocenters. The van der Waals surface area contributed by atoms with Gasteiger partial charge in [-0.05, 0) is 24.6 Å². The van der Waals surface area contributed by atoms with Crippen LogP contribution in [0, 0.1) is 0 Å². The Morgan fingerprint density at radius 3 is 2.06 bits per heavy atom. The molecule has 0 radical (unpaired) electrons. The van der Waals surface area contributed by atoms with Crippen LogP contribution in [0.2, 0.25) is 0 Å². The number of ether oxygens (including phenoxy) is 1. The van der Waals surface area contributed by atoms with Crippen LogP contribution in [0.15, 0.2) is 60.3 Å². The molecule has 0 saturated heterocycles. The van der Waals surface area contributed by atoms with Crippen molar-refractivity contribution in [2.75, 3.05) is 25.6 Å². The number of anilines is 1. The summed E-state index contributed by atoms with van der Waals surface area (Å²) in [5.41, 5.74) is 2.31. The van der Waals surface area contributed by atoms with Crippen molar-refractivity contribution in [2.45, 2.75) is 58.3 Å². The molecular weight excluding hydrogens is 412 g/mol. The highest BCUT2D eigenvalue weighted by molar-refractivity contribution is 6.37. The molecule has 0 spiro atoms. The molecule has 1 aliphatic heterocycles. The Morgan fingerprint density at radius 1 is 0.788 bits per heavy atom. The Hall–Kier alpha value is -3.08. The Labute approximate surface area is 198 Å². The Bertz CT molecular complexity index is 968. The summed E-state index contributed by atoms with van der Waals surface area (Å²) >= 11 is 0. The molecule has 2 aromatic carbocycles. The molecule has 2 aromatic rings. The van der Waals surface area contributed by atoms with E-state index < -0.39 is 0 Å². The van der Waals surface area contributed by atoms with Gasteiger partial charge in [0.1, 0.15) is 11.4 Å². The molecule has 176 valence electrons. The van der Waals surface area contributed by atoms with Crippen LogP contribution in [0.25, 0.3) is 5.57 Å². The standard InChI is InChI=1S/C28H36N2O3/c1-4-5-6-7-8-9-10-16-21-30-27(31)25(23-19-14-15-20-24(23)33-3)26(28(30)32)29(2)22-17-12-11-13-18-22/h11-15,17-20H,4-10,16,21H2,1-3H3. The van der Waals surface area contributed by atoms with Crippen LogP contribution in [0.5, 0.6) is 5.75 Å². The molecule has 33 heavy (non-hydrogen) atoms. The zero-order valence-electron chi connectivity index (χ0n) is 20.2. The van der Waals surface area contributed by atoms with Gasteiger partial charge in [0.15, 0.2) is 0 Å². The molecule has 0 unspecified atom stereocenters. The van der Waals surface area contributed by atoms with Crippen LogP contribution >= 0.6 is 0 Å². The first-order valence-electron chi connectivity index (χ1n) is 12.1. The maximum atomic E-state index is 13.5. The van der Waals surface area contributed by atoms with Crippen LogP contribution < -0.4 is 9.64 Å². The minimum absolute atomic E-state index is 0.241. The number of unbranched alkanes of at least 4 members (excludes halogenated alkanes) is 7. The van der Waals surface area contributed by atoms with Crippen molar-refractivity contribution < 1.29 is 14.3 Å². The fraction of sp³-hybridized carbons (Fsp3) is 0.429. The van der Waals surface area contributed by atoms with Crippen molar-refractivity contribution in [3.05, 3.63) is 65.9 Å². The van der Waals surface area contributed by atoms with Gasteiger partial charge in [0, 0.05) is 24.8 Å².